The molecule has 0 radical (unpaired) electrons. The molecule has 1 atom stereocenters. The molecule has 0 N–H and O–H groups in total. The number of likely N-dealkylation sites (tertiary alicyclic amines) is 2. The average Bonchev–Trinajstić information content (AvgIpc) is 3.34. The molecular formula is C29H33FN4O2. The van der Waals surface area contributed by atoms with Gasteiger partial charge in [-0.2, -0.15) is 5.10 Å². The second-order valence-electron chi connectivity index (χ2n) is 10.3. The molecule has 6 nitrogen and oxygen atoms in total. The molecule has 0 spiro atoms. The number of benzene rings is 2. The van der Waals surface area contributed by atoms with E-state index in [-0.39, 0.29) is 23.5 Å². The van der Waals surface area contributed by atoms with E-state index in [0.717, 1.165) is 30.6 Å². The van der Waals surface area contributed by atoms with Crippen molar-refractivity contribution in [3.05, 3.63) is 71.7 Å². The van der Waals surface area contributed by atoms with Crippen LogP contribution in [0.5, 0.6) is 0 Å². The van der Waals surface area contributed by atoms with Gasteiger partial charge in [-0.05, 0) is 62.8 Å². The van der Waals surface area contributed by atoms with Gasteiger partial charge in [0.25, 0.3) is 5.91 Å². The molecule has 2 saturated heterocycles. The van der Waals surface area contributed by atoms with Crippen molar-refractivity contribution in [2.24, 2.45) is 11.8 Å². The van der Waals surface area contributed by atoms with Crippen LogP contribution in [-0.4, -0.2) is 57.6 Å². The predicted molar refractivity (Wildman–Crippen MR) is 137 cm³/mol. The number of rotatable bonds is 4. The van der Waals surface area contributed by atoms with Gasteiger partial charge in [0.05, 0.1) is 11.3 Å². The molecule has 36 heavy (non-hydrogen) atoms. The summed E-state index contributed by atoms with van der Waals surface area (Å²) in [6.07, 6.45) is 5.36. The van der Waals surface area contributed by atoms with E-state index in [1.54, 1.807) is 23.0 Å². The molecular weight excluding hydrogens is 455 g/mol. The van der Waals surface area contributed by atoms with Gasteiger partial charge >= 0.3 is 0 Å². The third-order valence-corrected chi connectivity index (χ3v) is 7.46. The summed E-state index contributed by atoms with van der Waals surface area (Å²) >= 11 is 0. The second-order valence-corrected chi connectivity index (χ2v) is 10.3. The van der Waals surface area contributed by atoms with Crippen molar-refractivity contribution in [1.82, 2.24) is 19.6 Å². The van der Waals surface area contributed by atoms with Gasteiger partial charge in [-0.25, -0.2) is 9.07 Å². The van der Waals surface area contributed by atoms with Crippen LogP contribution in [0.2, 0.25) is 0 Å². The zero-order valence-corrected chi connectivity index (χ0v) is 21.0. The normalized spacial score (nSPS) is 18.9. The van der Waals surface area contributed by atoms with Gasteiger partial charge in [0.1, 0.15) is 11.5 Å². The number of piperidine rings is 2. The lowest BCUT2D eigenvalue weighted by Gasteiger charge is -2.37. The highest BCUT2D eigenvalue weighted by molar-refractivity contribution is 6.00. The van der Waals surface area contributed by atoms with Crippen LogP contribution in [0.1, 0.15) is 48.5 Å². The molecule has 2 fully saturated rings. The van der Waals surface area contributed by atoms with Gasteiger partial charge in [-0.1, -0.05) is 36.8 Å². The maximum atomic E-state index is 13.7. The minimum atomic E-state index is -0.322. The highest BCUT2D eigenvalue weighted by Crippen LogP contribution is 2.28. The standard InChI is InChI=1S/C29H33FN4O2/c1-20-5-7-22(8-6-20)27-26(19-34(31-27)25-11-9-24(30)10-12-25)29(36)32-16-13-23(14-17-32)28(35)33-15-3-4-21(2)18-33/h5-12,19,21,23H,3-4,13-18H2,1-2H3. The Labute approximate surface area is 211 Å². The highest BCUT2D eigenvalue weighted by Gasteiger charge is 2.33. The molecule has 0 aliphatic carbocycles. The van der Waals surface area contributed by atoms with E-state index >= 15 is 0 Å². The number of hydrogen-bond acceptors (Lipinski definition) is 3. The summed E-state index contributed by atoms with van der Waals surface area (Å²) in [5, 5.41) is 4.72. The lowest BCUT2D eigenvalue weighted by atomic mass is 9.92. The van der Waals surface area contributed by atoms with Crippen molar-refractivity contribution in [3.8, 4) is 16.9 Å². The van der Waals surface area contributed by atoms with Crippen molar-refractivity contribution >= 4 is 11.8 Å². The summed E-state index contributed by atoms with van der Waals surface area (Å²) in [5.41, 5.74) is 3.78. The van der Waals surface area contributed by atoms with Gasteiger partial charge in [0.15, 0.2) is 0 Å². The Morgan fingerprint density at radius 1 is 0.917 bits per heavy atom. The summed E-state index contributed by atoms with van der Waals surface area (Å²) in [6.45, 7) is 7.02. The zero-order valence-electron chi connectivity index (χ0n) is 21.0. The van der Waals surface area contributed by atoms with Crippen LogP contribution in [-0.2, 0) is 4.79 Å². The quantitative estimate of drug-likeness (QED) is 0.514. The number of halogens is 1. The van der Waals surface area contributed by atoms with Crippen LogP contribution in [0, 0.1) is 24.6 Å². The Balaban J connectivity index is 1.35. The van der Waals surface area contributed by atoms with Crippen molar-refractivity contribution in [2.45, 2.75) is 39.5 Å². The topological polar surface area (TPSA) is 58.4 Å². The average molecular weight is 489 g/mol. The lowest BCUT2D eigenvalue weighted by Crippen LogP contribution is -2.47. The number of carbonyl (C=O) groups excluding carboxylic acids is 2. The van der Waals surface area contributed by atoms with Crippen molar-refractivity contribution < 1.29 is 14.0 Å². The lowest BCUT2D eigenvalue weighted by molar-refractivity contribution is -0.138. The highest BCUT2D eigenvalue weighted by atomic mass is 19.1. The second kappa shape index (κ2) is 10.2. The summed E-state index contributed by atoms with van der Waals surface area (Å²) < 4.78 is 15.1. The van der Waals surface area contributed by atoms with E-state index in [1.807, 2.05) is 41.0 Å². The fourth-order valence-corrected chi connectivity index (χ4v) is 5.33. The monoisotopic (exact) mass is 488 g/mol. The fourth-order valence-electron chi connectivity index (χ4n) is 5.33. The summed E-state index contributed by atoms with van der Waals surface area (Å²) in [6, 6.07) is 14.0. The molecule has 2 aromatic carbocycles. The molecule has 5 rings (SSSR count). The van der Waals surface area contributed by atoms with Gasteiger partial charge in [-0.3, -0.25) is 9.59 Å². The predicted octanol–water partition coefficient (Wildman–Crippen LogP) is 5.10. The number of hydrogen-bond donors (Lipinski definition) is 0. The molecule has 1 unspecified atom stereocenters. The minimum absolute atomic E-state index is 0.0159. The number of aryl methyl sites for hydroxylation is 1. The molecule has 0 saturated carbocycles. The SMILES string of the molecule is Cc1ccc(-c2nn(-c3ccc(F)cc3)cc2C(=O)N2CCC(C(=O)N3CCCC(C)C3)CC2)cc1. The molecule has 7 heteroatoms. The number of carbonyl (C=O) groups is 2. The first-order valence-corrected chi connectivity index (χ1v) is 12.9. The van der Waals surface area contributed by atoms with E-state index in [9.17, 15) is 14.0 Å². The first-order valence-electron chi connectivity index (χ1n) is 12.9. The van der Waals surface area contributed by atoms with Gasteiger partial charge in [0.2, 0.25) is 5.91 Å². The van der Waals surface area contributed by atoms with Gasteiger partial charge in [0, 0.05) is 43.9 Å². The van der Waals surface area contributed by atoms with Crippen molar-refractivity contribution in [3.63, 3.8) is 0 Å². The summed E-state index contributed by atoms with van der Waals surface area (Å²) in [7, 11) is 0. The third-order valence-electron chi connectivity index (χ3n) is 7.46. The van der Waals surface area contributed by atoms with E-state index in [2.05, 4.69) is 6.92 Å². The first kappa shape index (κ1) is 24.2. The summed E-state index contributed by atoms with van der Waals surface area (Å²) in [5.74, 6) is 0.381. The summed E-state index contributed by atoms with van der Waals surface area (Å²) in [4.78, 5) is 30.6. The maximum Gasteiger partial charge on any atom is 0.257 e. The van der Waals surface area contributed by atoms with Gasteiger partial charge < -0.3 is 9.80 Å². The van der Waals surface area contributed by atoms with E-state index in [4.69, 9.17) is 5.10 Å². The Morgan fingerprint density at radius 2 is 1.61 bits per heavy atom. The molecule has 2 aliphatic heterocycles. The smallest absolute Gasteiger partial charge is 0.257 e. The molecule has 3 heterocycles. The van der Waals surface area contributed by atoms with Crippen LogP contribution in [0.4, 0.5) is 4.39 Å². The molecule has 2 aliphatic rings. The van der Waals surface area contributed by atoms with E-state index < -0.39 is 0 Å². The van der Waals surface area contributed by atoms with Crippen LogP contribution < -0.4 is 0 Å². The Kier molecular flexibility index (Phi) is 6.90. The molecule has 1 aromatic heterocycles. The minimum Gasteiger partial charge on any atom is -0.342 e. The van der Waals surface area contributed by atoms with Gasteiger partial charge in [-0.15, -0.1) is 0 Å². The largest absolute Gasteiger partial charge is 0.342 e. The molecule has 0 bridgehead atoms. The van der Waals surface area contributed by atoms with Crippen molar-refractivity contribution in [1.29, 1.82) is 0 Å². The van der Waals surface area contributed by atoms with E-state index in [1.165, 1.54) is 18.6 Å². The number of amides is 2. The first-order chi connectivity index (χ1) is 17.4. The van der Waals surface area contributed by atoms with E-state index in [0.29, 0.717) is 48.8 Å². The third kappa shape index (κ3) is 5.06. The van der Waals surface area contributed by atoms with Crippen LogP contribution in [0.3, 0.4) is 0 Å². The van der Waals surface area contributed by atoms with Crippen LogP contribution in [0.25, 0.3) is 16.9 Å². The van der Waals surface area contributed by atoms with Crippen LogP contribution in [0.15, 0.2) is 54.7 Å². The van der Waals surface area contributed by atoms with Crippen LogP contribution >= 0.6 is 0 Å². The maximum absolute atomic E-state index is 13.7. The van der Waals surface area contributed by atoms with Crippen molar-refractivity contribution in [2.75, 3.05) is 26.2 Å². The molecule has 3 aromatic rings. The molecule has 188 valence electrons. The molecule has 2 amide bonds. The Hall–Kier alpha value is -3.48. The fraction of sp³-hybridized carbons (Fsp3) is 0.414. The Morgan fingerprint density at radius 3 is 2.28 bits per heavy atom. The number of aromatic nitrogens is 2. The number of nitrogens with zero attached hydrogens (tertiary/aromatic N) is 4. The zero-order chi connectivity index (χ0) is 25.2. The Bertz CT molecular complexity index is 1230.